The predicted molar refractivity (Wildman–Crippen MR) is 114 cm³/mol. The van der Waals surface area contributed by atoms with Crippen molar-refractivity contribution in [3.63, 3.8) is 0 Å². The summed E-state index contributed by atoms with van der Waals surface area (Å²) in [5, 5.41) is 7.72. The molecule has 0 saturated heterocycles. The molecule has 0 aliphatic carbocycles. The number of carbonyl (C=O) groups is 2. The molecule has 1 amide bonds. The SMILES string of the molecule is CCc1nn(CCCOC(=O)c2cc(F)cc(Cl)c2)c2c1C(=O)NCCCOCCC2. The number of esters is 1. The lowest BCUT2D eigenvalue weighted by molar-refractivity contribution is 0.0494. The Bertz CT molecular complexity index is 911. The fourth-order valence-corrected chi connectivity index (χ4v) is 3.76. The maximum Gasteiger partial charge on any atom is 0.338 e. The van der Waals surface area contributed by atoms with Gasteiger partial charge in [0.15, 0.2) is 0 Å². The number of ether oxygens (including phenoxy) is 2. The van der Waals surface area contributed by atoms with Crippen LogP contribution in [0.15, 0.2) is 18.2 Å². The van der Waals surface area contributed by atoms with E-state index in [1.807, 2.05) is 11.6 Å². The molecule has 0 bridgehead atoms. The lowest BCUT2D eigenvalue weighted by Crippen LogP contribution is -2.26. The van der Waals surface area contributed by atoms with Crippen LogP contribution in [0.3, 0.4) is 0 Å². The Morgan fingerprint density at radius 1 is 1.32 bits per heavy atom. The van der Waals surface area contributed by atoms with Crippen LogP contribution < -0.4 is 5.32 Å². The Kier molecular flexibility index (Phi) is 8.43. The Hall–Kier alpha value is -2.45. The van der Waals surface area contributed by atoms with Crippen molar-refractivity contribution in [2.75, 3.05) is 26.4 Å². The van der Waals surface area contributed by atoms with E-state index in [-0.39, 0.29) is 23.1 Å². The summed E-state index contributed by atoms with van der Waals surface area (Å²) in [7, 11) is 0. The van der Waals surface area contributed by atoms with Gasteiger partial charge in [-0.15, -0.1) is 0 Å². The summed E-state index contributed by atoms with van der Waals surface area (Å²) in [5.41, 5.74) is 2.36. The number of nitrogens with zero attached hydrogens (tertiary/aromatic N) is 2. The van der Waals surface area contributed by atoms with Gasteiger partial charge in [-0.25, -0.2) is 9.18 Å². The van der Waals surface area contributed by atoms with E-state index in [4.69, 9.17) is 21.1 Å². The van der Waals surface area contributed by atoms with Crippen LogP contribution in [0, 0.1) is 5.82 Å². The van der Waals surface area contributed by atoms with E-state index in [1.54, 1.807) is 0 Å². The topological polar surface area (TPSA) is 82.5 Å². The molecule has 1 N–H and O–H groups in total. The summed E-state index contributed by atoms with van der Waals surface area (Å²) in [5.74, 6) is -1.33. The molecule has 1 aliphatic heterocycles. The first-order valence-corrected chi connectivity index (χ1v) is 10.9. The third-order valence-corrected chi connectivity index (χ3v) is 5.21. The number of nitrogens with one attached hydrogen (secondary N) is 1. The van der Waals surface area contributed by atoms with Crippen molar-refractivity contribution in [3.05, 3.63) is 51.6 Å². The quantitative estimate of drug-likeness (QED) is 0.536. The fraction of sp³-hybridized carbons (Fsp3) is 0.500. The summed E-state index contributed by atoms with van der Waals surface area (Å²) in [6.45, 7) is 4.43. The third kappa shape index (κ3) is 6.27. The molecular weight excluding hydrogens is 425 g/mol. The van der Waals surface area contributed by atoms with Crippen molar-refractivity contribution in [1.82, 2.24) is 15.1 Å². The number of rotatable bonds is 6. The van der Waals surface area contributed by atoms with E-state index >= 15 is 0 Å². The van der Waals surface area contributed by atoms with Crippen LogP contribution in [-0.2, 0) is 28.9 Å². The summed E-state index contributed by atoms with van der Waals surface area (Å²) in [6, 6.07) is 3.58. The van der Waals surface area contributed by atoms with E-state index in [2.05, 4.69) is 10.4 Å². The van der Waals surface area contributed by atoms with Gasteiger partial charge in [0.25, 0.3) is 5.91 Å². The van der Waals surface area contributed by atoms with E-state index in [9.17, 15) is 14.0 Å². The van der Waals surface area contributed by atoms with Crippen molar-refractivity contribution in [3.8, 4) is 0 Å². The minimum absolute atomic E-state index is 0.0718. The minimum Gasteiger partial charge on any atom is -0.462 e. The first kappa shape index (κ1) is 23.2. The van der Waals surface area contributed by atoms with E-state index in [1.165, 1.54) is 6.07 Å². The van der Waals surface area contributed by atoms with Crippen LogP contribution in [0.4, 0.5) is 4.39 Å². The summed E-state index contributed by atoms with van der Waals surface area (Å²) >= 11 is 5.79. The molecular formula is C22H27ClFN3O4. The first-order chi connectivity index (χ1) is 15.0. The molecule has 0 radical (unpaired) electrons. The second-order valence-electron chi connectivity index (χ2n) is 7.32. The molecule has 0 saturated carbocycles. The highest BCUT2D eigenvalue weighted by Crippen LogP contribution is 2.19. The number of fused-ring (bicyclic) bond motifs is 1. The monoisotopic (exact) mass is 451 g/mol. The first-order valence-electron chi connectivity index (χ1n) is 10.6. The minimum atomic E-state index is -0.632. The Labute approximate surface area is 185 Å². The van der Waals surface area contributed by atoms with Crippen LogP contribution in [0.25, 0.3) is 0 Å². The zero-order valence-electron chi connectivity index (χ0n) is 17.6. The highest BCUT2D eigenvalue weighted by atomic mass is 35.5. The molecule has 168 valence electrons. The van der Waals surface area contributed by atoms with Crippen LogP contribution in [0.5, 0.6) is 0 Å². The van der Waals surface area contributed by atoms with Gasteiger partial charge in [0.05, 0.1) is 29.1 Å². The Balaban J connectivity index is 1.65. The smallest absolute Gasteiger partial charge is 0.338 e. The van der Waals surface area contributed by atoms with Gasteiger partial charge in [-0.05, 0) is 43.9 Å². The van der Waals surface area contributed by atoms with Gasteiger partial charge in [-0.1, -0.05) is 18.5 Å². The number of aryl methyl sites for hydroxylation is 2. The lowest BCUT2D eigenvalue weighted by Gasteiger charge is -2.10. The average molecular weight is 452 g/mol. The van der Waals surface area contributed by atoms with Gasteiger partial charge < -0.3 is 14.8 Å². The second kappa shape index (κ2) is 11.2. The van der Waals surface area contributed by atoms with E-state index in [0.717, 1.165) is 36.4 Å². The van der Waals surface area contributed by atoms with E-state index in [0.29, 0.717) is 51.1 Å². The van der Waals surface area contributed by atoms with Gasteiger partial charge >= 0.3 is 5.97 Å². The maximum absolute atomic E-state index is 13.4. The molecule has 9 heteroatoms. The molecule has 1 aromatic carbocycles. The van der Waals surface area contributed by atoms with Gasteiger partial charge in [-0.2, -0.15) is 5.10 Å². The predicted octanol–water partition coefficient (Wildman–Crippen LogP) is 3.57. The highest BCUT2D eigenvalue weighted by Gasteiger charge is 2.23. The number of benzene rings is 1. The number of halogens is 2. The average Bonchev–Trinajstić information content (AvgIpc) is 3.07. The molecule has 3 rings (SSSR count). The highest BCUT2D eigenvalue weighted by molar-refractivity contribution is 6.30. The normalized spacial score (nSPS) is 15.0. The molecule has 31 heavy (non-hydrogen) atoms. The van der Waals surface area contributed by atoms with Crippen molar-refractivity contribution in [2.45, 2.75) is 45.6 Å². The maximum atomic E-state index is 13.4. The molecule has 1 aromatic heterocycles. The molecule has 0 unspecified atom stereocenters. The van der Waals surface area contributed by atoms with Gasteiger partial charge in [-0.3, -0.25) is 9.48 Å². The molecule has 1 aliphatic rings. The van der Waals surface area contributed by atoms with E-state index < -0.39 is 11.8 Å². The third-order valence-electron chi connectivity index (χ3n) is 4.99. The van der Waals surface area contributed by atoms with Gasteiger partial charge in [0.1, 0.15) is 5.82 Å². The largest absolute Gasteiger partial charge is 0.462 e. The van der Waals surface area contributed by atoms with Crippen molar-refractivity contribution >= 4 is 23.5 Å². The van der Waals surface area contributed by atoms with Crippen molar-refractivity contribution in [2.24, 2.45) is 0 Å². The van der Waals surface area contributed by atoms with Gasteiger partial charge in [0, 0.05) is 37.7 Å². The number of carbonyl (C=O) groups excluding carboxylic acids is 2. The van der Waals surface area contributed by atoms with Crippen LogP contribution in [0.1, 0.15) is 58.3 Å². The second-order valence-corrected chi connectivity index (χ2v) is 7.75. The number of amides is 1. The zero-order chi connectivity index (χ0) is 22.2. The molecule has 0 spiro atoms. The summed E-state index contributed by atoms with van der Waals surface area (Å²) in [4.78, 5) is 24.9. The number of hydrogen-bond acceptors (Lipinski definition) is 5. The fourth-order valence-electron chi connectivity index (χ4n) is 3.54. The summed E-state index contributed by atoms with van der Waals surface area (Å²) < 4.78 is 26.1. The van der Waals surface area contributed by atoms with Crippen LogP contribution >= 0.6 is 11.6 Å². The van der Waals surface area contributed by atoms with Crippen LogP contribution in [0.2, 0.25) is 5.02 Å². The molecule has 2 heterocycles. The number of aromatic nitrogens is 2. The summed E-state index contributed by atoms with van der Waals surface area (Å²) in [6.07, 6.45) is 3.40. The zero-order valence-corrected chi connectivity index (χ0v) is 18.3. The Morgan fingerprint density at radius 2 is 2.13 bits per heavy atom. The Morgan fingerprint density at radius 3 is 2.90 bits per heavy atom. The molecule has 0 atom stereocenters. The molecule has 7 nitrogen and oxygen atoms in total. The molecule has 0 fully saturated rings. The van der Waals surface area contributed by atoms with Crippen molar-refractivity contribution < 1.29 is 23.5 Å². The lowest BCUT2D eigenvalue weighted by atomic mass is 10.1. The van der Waals surface area contributed by atoms with Crippen molar-refractivity contribution in [1.29, 1.82) is 0 Å². The van der Waals surface area contributed by atoms with Crippen LogP contribution in [-0.4, -0.2) is 48.0 Å². The number of hydrogen-bond donors (Lipinski definition) is 1. The molecule has 2 aromatic rings. The standard InChI is InChI=1S/C22H27ClFN3O4/c1-2-18-20-19(6-3-9-30-10-4-7-25-21(20)28)27(26-18)8-5-11-31-22(29)15-12-16(23)14-17(24)13-15/h12-14H,2-11H2,1H3,(H,25,28). The van der Waals surface area contributed by atoms with Gasteiger partial charge in [0.2, 0.25) is 0 Å².